The van der Waals surface area contributed by atoms with Crippen molar-refractivity contribution in [2.24, 2.45) is 5.73 Å². The van der Waals surface area contributed by atoms with Crippen molar-refractivity contribution in [2.75, 3.05) is 0 Å². The van der Waals surface area contributed by atoms with Crippen molar-refractivity contribution < 1.29 is 0 Å². The fourth-order valence-corrected chi connectivity index (χ4v) is 1.78. The number of nitrogens with two attached hydrogens (primary N) is 1. The van der Waals surface area contributed by atoms with E-state index in [9.17, 15) is 0 Å². The van der Waals surface area contributed by atoms with E-state index < -0.39 is 0 Å². The highest BCUT2D eigenvalue weighted by Crippen LogP contribution is 2.10. The van der Waals surface area contributed by atoms with Gasteiger partial charge in [0.25, 0.3) is 0 Å². The van der Waals surface area contributed by atoms with Crippen molar-refractivity contribution in [2.45, 2.75) is 71.3 Å². The molecule has 0 amide bonds. The molecule has 4 N–H and O–H groups in total. The third-order valence-electron chi connectivity index (χ3n) is 2.67. The summed E-state index contributed by atoms with van der Waals surface area (Å²) in [5.74, 6) is 0.117. The molecule has 0 heterocycles. The van der Waals surface area contributed by atoms with Gasteiger partial charge in [-0.05, 0) is 12.8 Å². The van der Waals surface area contributed by atoms with E-state index in [-0.39, 0.29) is 5.96 Å². The van der Waals surface area contributed by atoms with E-state index in [0.717, 1.165) is 12.8 Å². The number of guanidine groups is 1. The maximum absolute atomic E-state index is 7.24. The highest BCUT2D eigenvalue weighted by Gasteiger charge is 2.07. The van der Waals surface area contributed by atoms with E-state index >= 15 is 0 Å². The molecular weight excluding hydrogens is 186 g/mol. The summed E-state index contributed by atoms with van der Waals surface area (Å²) in [5.41, 5.74) is 5.37. The highest BCUT2D eigenvalue weighted by molar-refractivity contribution is 5.74. The minimum absolute atomic E-state index is 0.117. The topological polar surface area (TPSA) is 61.9 Å². The van der Waals surface area contributed by atoms with Crippen LogP contribution in [-0.4, -0.2) is 12.0 Å². The molecule has 0 aliphatic heterocycles. The van der Waals surface area contributed by atoms with Crippen molar-refractivity contribution in [3.63, 3.8) is 0 Å². The predicted molar refractivity (Wildman–Crippen MR) is 67.1 cm³/mol. The van der Waals surface area contributed by atoms with Gasteiger partial charge in [-0.3, -0.25) is 5.41 Å². The van der Waals surface area contributed by atoms with Crippen LogP contribution in [0.1, 0.15) is 65.2 Å². The van der Waals surface area contributed by atoms with Gasteiger partial charge in [-0.1, -0.05) is 52.4 Å². The Hall–Kier alpha value is -0.730. The average molecular weight is 213 g/mol. The van der Waals surface area contributed by atoms with Crippen molar-refractivity contribution >= 4 is 5.96 Å². The molecule has 90 valence electrons. The predicted octanol–water partition coefficient (Wildman–Crippen LogP) is 3.00. The second-order valence-electron chi connectivity index (χ2n) is 4.25. The first-order chi connectivity index (χ1) is 7.20. The molecular formula is C12H27N3. The molecule has 0 rings (SSSR count). The zero-order valence-electron chi connectivity index (χ0n) is 10.3. The van der Waals surface area contributed by atoms with Gasteiger partial charge in [0.2, 0.25) is 0 Å². The zero-order chi connectivity index (χ0) is 11.5. The Bertz CT molecular complexity index is 157. The Kier molecular flexibility index (Phi) is 9.33. The van der Waals surface area contributed by atoms with Crippen LogP contribution in [0.5, 0.6) is 0 Å². The van der Waals surface area contributed by atoms with Crippen LogP contribution >= 0.6 is 0 Å². The molecule has 3 heteroatoms. The fraction of sp³-hybridized carbons (Fsp3) is 0.917. The summed E-state index contributed by atoms with van der Waals surface area (Å²) in [6, 6.07) is 0.416. The normalized spacial score (nSPS) is 12.4. The average Bonchev–Trinajstić information content (AvgIpc) is 2.19. The maximum Gasteiger partial charge on any atom is 0.185 e. The van der Waals surface area contributed by atoms with Crippen molar-refractivity contribution in [1.29, 1.82) is 5.41 Å². The van der Waals surface area contributed by atoms with Crippen molar-refractivity contribution in [3.8, 4) is 0 Å². The molecule has 0 aliphatic rings. The van der Waals surface area contributed by atoms with Crippen molar-refractivity contribution in [3.05, 3.63) is 0 Å². The molecule has 0 bridgehead atoms. The lowest BCUT2D eigenvalue weighted by Gasteiger charge is -2.18. The van der Waals surface area contributed by atoms with Crippen LogP contribution in [0.15, 0.2) is 0 Å². The third-order valence-corrected chi connectivity index (χ3v) is 2.67. The Labute approximate surface area is 94.3 Å². The summed E-state index contributed by atoms with van der Waals surface area (Å²) in [5, 5.41) is 10.3. The molecule has 0 spiro atoms. The molecule has 3 nitrogen and oxygen atoms in total. The van der Waals surface area contributed by atoms with Gasteiger partial charge in [-0.25, -0.2) is 0 Å². The van der Waals surface area contributed by atoms with E-state index in [2.05, 4.69) is 19.2 Å². The summed E-state index contributed by atoms with van der Waals surface area (Å²) in [6.45, 7) is 4.42. The number of hydrogen-bond acceptors (Lipinski definition) is 1. The molecule has 15 heavy (non-hydrogen) atoms. The maximum atomic E-state index is 7.24. The Balaban J connectivity index is 3.64. The summed E-state index contributed by atoms with van der Waals surface area (Å²) < 4.78 is 0. The van der Waals surface area contributed by atoms with Crippen LogP contribution in [0, 0.1) is 5.41 Å². The van der Waals surface area contributed by atoms with Crippen LogP contribution < -0.4 is 11.1 Å². The molecule has 0 saturated heterocycles. The summed E-state index contributed by atoms with van der Waals surface area (Å²) in [4.78, 5) is 0. The lowest BCUT2D eigenvalue weighted by Crippen LogP contribution is -2.39. The van der Waals surface area contributed by atoms with Gasteiger partial charge in [-0.15, -0.1) is 0 Å². The molecule has 0 aliphatic carbocycles. The molecule has 0 fully saturated rings. The molecule has 0 saturated carbocycles. The first kappa shape index (κ1) is 14.3. The molecule has 0 unspecified atom stereocenters. The van der Waals surface area contributed by atoms with Gasteiger partial charge in [-0.2, -0.15) is 0 Å². The van der Waals surface area contributed by atoms with E-state index in [1.165, 1.54) is 38.5 Å². The largest absolute Gasteiger partial charge is 0.370 e. The standard InChI is InChI=1S/C12H27N3/c1-3-5-7-8-10-11(9-6-4-2)15-12(13)14/h11H,3-10H2,1-2H3,(H4,13,14,15)/t11-/m1/s1. The molecule has 1 atom stereocenters. The van der Waals surface area contributed by atoms with Crippen LogP contribution in [0.2, 0.25) is 0 Å². The SMILES string of the molecule is CCCCCC[C@@H](CCCC)NC(=N)N. The van der Waals surface area contributed by atoms with Crippen LogP contribution in [0.4, 0.5) is 0 Å². The molecule has 0 aromatic heterocycles. The number of nitrogens with one attached hydrogen (secondary N) is 2. The van der Waals surface area contributed by atoms with Gasteiger partial charge >= 0.3 is 0 Å². The first-order valence-corrected chi connectivity index (χ1v) is 6.31. The number of rotatable bonds is 9. The van der Waals surface area contributed by atoms with Gasteiger partial charge in [0.1, 0.15) is 0 Å². The molecule has 0 aromatic carbocycles. The third kappa shape index (κ3) is 9.57. The van der Waals surface area contributed by atoms with Gasteiger partial charge in [0.05, 0.1) is 0 Å². The smallest absolute Gasteiger partial charge is 0.185 e. The summed E-state index contributed by atoms with van der Waals surface area (Å²) in [6.07, 6.45) is 9.88. The van der Waals surface area contributed by atoms with E-state index in [0.29, 0.717) is 6.04 Å². The van der Waals surface area contributed by atoms with E-state index in [4.69, 9.17) is 11.1 Å². The van der Waals surface area contributed by atoms with Crippen molar-refractivity contribution in [1.82, 2.24) is 5.32 Å². The van der Waals surface area contributed by atoms with Crippen LogP contribution in [0.3, 0.4) is 0 Å². The second kappa shape index (κ2) is 9.81. The fourth-order valence-electron chi connectivity index (χ4n) is 1.78. The second-order valence-corrected chi connectivity index (χ2v) is 4.25. The summed E-state index contributed by atoms with van der Waals surface area (Å²) >= 11 is 0. The first-order valence-electron chi connectivity index (χ1n) is 6.31. The summed E-state index contributed by atoms with van der Waals surface area (Å²) in [7, 11) is 0. The Morgan fingerprint density at radius 2 is 1.67 bits per heavy atom. The number of unbranched alkanes of at least 4 members (excludes halogenated alkanes) is 4. The van der Waals surface area contributed by atoms with Gasteiger partial charge < -0.3 is 11.1 Å². The Morgan fingerprint density at radius 3 is 2.20 bits per heavy atom. The van der Waals surface area contributed by atoms with E-state index in [1.807, 2.05) is 0 Å². The zero-order valence-corrected chi connectivity index (χ0v) is 10.3. The highest BCUT2D eigenvalue weighted by atomic mass is 15.1. The van der Waals surface area contributed by atoms with E-state index in [1.54, 1.807) is 0 Å². The quantitative estimate of drug-likeness (QED) is 0.313. The number of hydrogen-bond donors (Lipinski definition) is 3. The minimum Gasteiger partial charge on any atom is -0.370 e. The molecule has 0 radical (unpaired) electrons. The lowest BCUT2D eigenvalue weighted by molar-refractivity contribution is 0.469. The molecule has 0 aromatic rings. The van der Waals surface area contributed by atoms with Gasteiger partial charge in [0.15, 0.2) is 5.96 Å². The van der Waals surface area contributed by atoms with Crippen LogP contribution in [-0.2, 0) is 0 Å². The monoisotopic (exact) mass is 213 g/mol. The van der Waals surface area contributed by atoms with Gasteiger partial charge in [0, 0.05) is 6.04 Å². The minimum atomic E-state index is 0.117. The Morgan fingerprint density at radius 1 is 1.07 bits per heavy atom. The lowest BCUT2D eigenvalue weighted by atomic mass is 10.0. The van der Waals surface area contributed by atoms with Crippen LogP contribution in [0.25, 0.3) is 0 Å².